The van der Waals surface area contributed by atoms with E-state index in [4.69, 9.17) is 14.2 Å². The first-order valence-corrected chi connectivity index (χ1v) is 13.7. The third-order valence-electron chi connectivity index (χ3n) is 7.50. The zero-order chi connectivity index (χ0) is 29.2. The van der Waals surface area contributed by atoms with E-state index in [0.29, 0.717) is 49.5 Å². The van der Waals surface area contributed by atoms with E-state index in [1.807, 2.05) is 37.3 Å². The van der Waals surface area contributed by atoms with Gasteiger partial charge in [0.25, 0.3) is 5.91 Å². The quantitative estimate of drug-likeness (QED) is 0.536. The van der Waals surface area contributed by atoms with Crippen molar-refractivity contribution in [2.45, 2.75) is 59.2 Å². The van der Waals surface area contributed by atoms with Crippen LogP contribution < -0.4 is 14.4 Å². The van der Waals surface area contributed by atoms with Crippen molar-refractivity contribution < 1.29 is 33.7 Å². The van der Waals surface area contributed by atoms with E-state index in [0.717, 1.165) is 16.8 Å². The first-order valence-electron chi connectivity index (χ1n) is 13.7. The Kier molecular flexibility index (Phi) is 8.73. The molecule has 0 aliphatic carbocycles. The lowest BCUT2D eigenvalue weighted by atomic mass is 9.93. The molecular weight excluding hydrogens is 512 g/mol. The summed E-state index contributed by atoms with van der Waals surface area (Å²) in [7, 11) is 3.13. The van der Waals surface area contributed by atoms with E-state index in [9.17, 15) is 19.5 Å². The zero-order valence-electron chi connectivity index (χ0n) is 24.2. The maximum Gasteiger partial charge on any atom is 0.306 e. The number of likely N-dealkylation sites (tertiary alicyclic amines) is 1. The van der Waals surface area contributed by atoms with Crippen molar-refractivity contribution in [3.8, 4) is 11.5 Å². The molecular formula is C31H40N2O7. The van der Waals surface area contributed by atoms with Gasteiger partial charge in [0, 0.05) is 36.4 Å². The Labute approximate surface area is 236 Å². The highest BCUT2D eigenvalue weighted by Crippen LogP contribution is 2.45. The number of benzene rings is 2. The number of carbonyl (C=O) groups is 3. The van der Waals surface area contributed by atoms with Crippen LogP contribution >= 0.6 is 0 Å². The minimum Gasteiger partial charge on any atom is -0.493 e. The SMILES string of the molecule is COc1cccc([C@@H]2O[C@@H](CC(=O)N3CCC(C(=O)O)CC3)C(=O)N(CC(C)(C)C)c3ccc(C)cc32)c1OC. The summed E-state index contributed by atoms with van der Waals surface area (Å²) in [6.07, 6.45) is -1.12. The predicted molar refractivity (Wildman–Crippen MR) is 151 cm³/mol. The number of carboxylic acids is 1. The van der Waals surface area contributed by atoms with Gasteiger partial charge in [0.15, 0.2) is 11.5 Å². The fraction of sp³-hybridized carbons (Fsp3) is 0.516. The molecule has 1 saturated heterocycles. The average molecular weight is 553 g/mol. The second kappa shape index (κ2) is 11.9. The van der Waals surface area contributed by atoms with Gasteiger partial charge >= 0.3 is 5.97 Å². The van der Waals surface area contributed by atoms with Gasteiger partial charge in [0.05, 0.1) is 26.6 Å². The van der Waals surface area contributed by atoms with Crippen molar-refractivity contribution >= 4 is 23.5 Å². The molecule has 0 spiro atoms. The van der Waals surface area contributed by atoms with Crippen molar-refractivity contribution in [3.63, 3.8) is 0 Å². The molecule has 2 atom stereocenters. The minimum atomic E-state index is -1.05. The number of nitrogens with zero attached hydrogens (tertiary/aromatic N) is 2. The number of anilines is 1. The number of amides is 2. The Balaban J connectivity index is 1.77. The lowest BCUT2D eigenvalue weighted by Crippen LogP contribution is -2.47. The largest absolute Gasteiger partial charge is 0.493 e. The Morgan fingerprint density at radius 2 is 1.75 bits per heavy atom. The predicted octanol–water partition coefficient (Wildman–Crippen LogP) is 4.59. The molecule has 40 heavy (non-hydrogen) atoms. The van der Waals surface area contributed by atoms with Crippen molar-refractivity contribution in [3.05, 3.63) is 53.1 Å². The number of ether oxygens (including phenoxy) is 3. The number of rotatable bonds is 7. The molecule has 2 aromatic rings. The van der Waals surface area contributed by atoms with E-state index in [1.54, 1.807) is 30.1 Å². The molecule has 2 aromatic carbocycles. The number of aliphatic carboxylic acids is 1. The summed E-state index contributed by atoms with van der Waals surface area (Å²) in [5.74, 6) is -0.761. The smallest absolute Gasteiger partial charge is 0.306 e. The van der Waals surface area contributed by atoms with Gasteiger partial charge in [-0.1, -0.05) is 50.6 Å². The molecule has 0 radical (unpaired) electrons. The lowest BCUT2D eigenvalue weighted by molar-refractivity contribution is -0.148. The van der Waals surface area contributed by atoms with Gasteiger partial charge in [-0.2, -0.15) is 0 Å². The van der Waals surface area contributed by atoms with Crippen LogP contribution in [-0.2, 0) is 19.1 Å². The molecule has 2 aliphatic rings. The highest BCUT2D eigenvalue weighted by Gasteiger charge is 2.41. The molecule has 9 heteroatoms. The molecule has 4 rings (SSSR count). The molecule has 1 N–H and O–H groups in total. The van der Waals surface area contributed by atoms with E-state index >= 15 is 0 Å². The van der Waals surface area contributed by atoms with Crippen molar-refractivity contribution in [2.75, 3.05) is 38.8 Å². The third-order valence-corrected chi connectivity index (χ3v) is 7.50. The number of carboxylic acid groups (broad SMARTS) is 1. The van der Waals surface area contributed by atoms with Crippen LogP contribution in [0.3, 0.4) is 0 Å². The number of hydrogen-bond acceptors (Lipinski definition) is 6. The van der Waals surface area contributed by atoms with Crippen LogP contribution in [0.2, 0.25) is 0 Å². The zero-order valence-corrected chi connectivity index (χ0v) is 24.2. The van der Waals surface area contributed by atoms with E-state index in [-0.39, 0.29) is 23.7 Å². The van der Waals surface area contributed by atoms with Gasteiger partial charge in [0.1, 0.15) is 12.2 Å². The summed E-state index contributed by atoms with van der Waals surface area (Å²) >= 11 is 0. The van der Waals surface area contributed by atoms with Gasteiger partial charge in [-0.25, -0.2) is 0 Å². The van der Waals surface area contributed by atoms with Gasteiger partial charge < -0.3 is 29.1 Å². The van der Waals surface area contributed by atoms with Gasteiger partial charge in [-0.3, -0.25) is 14.4 Å². The summed E-state index contributed by atoms with van der Waals surface area (Å²) in [5, 5.41) is 9.34. The van der Waals surface area contributed by atoms with Crippen LogP contribution in [0.4, 0.5) is 5.69 Å². The summed E-state index contributed by atoms with van der Waals surface area (Å²) < 4.78 is 17.9. The summed E-state index contributed by atoms with van der Waals surface area (Å²) in [4.78, 5) is 42.4. The first-order chi connectivity index (χ1) is 18.9. The Bertz CT molecular complexity index is 1260. The van der Waals surface area contributed by atoms with Crippen LogP contribution in [0, 0.1) is 18.3 Å². The number of carbonyl (C=O) groups excluding carboxylic acids is 2. The van der Waals surface area contributed by atoms with Gasteiger partial charge in [0.2, 0.25) is 5.91 Å². The molecule has 2 amide bonds. The molecule has 9 nitrogen and oxygen atoms in total. The minimum absolute atomic E-state index is 0.146. The highest BCUT2D eigenvalue weighted by molar-refractivity contribution is 6.00. The second-order valence-electron chi connectivity index (χ2n) is 11.8. The average Bonchev–Trinajstić information content (AvgIpc) is 3.02. The highest BCUT2D eigenvalue weighted by atomic mass is 16.5. The first kappa shape index (κ1) is 29.4. The van der Waals surface area contributed by atoms with Gasteiger partial charge in [-0.15, -0.1) is 0 Å². The number of methoxy groups -OCH3 is 2. The molecule has 0 saturated carbocycles. The number of para-hydroxylation sites is 1. The monoisotopic (exact) mass is 552 g/mol. The Morgan fingerprint density at radius 3 is 2.35 bits per heavy atom. The molecule has 1 fully saturated rings. The van der Waals surface area contributed by atoms with Crippen LogP contribution in [0.5, 0.6) is 11.5 Å². The van der Waals surface area contributed by atoms with Crippen molar-refractivity contribution in [1.29, 1.82) is 0 Å². The summed E-state index contributed by atoms with van der Waals surface area (Å²) in [6, 6.07) is 11.5. The lowest BCUT2D eigenvalue weighted by Gasteiger charge is -2.33. The van der Waals surface area contributed by atoms with Crippen molar-refractivity contribution in [2.24, 2.45) is 11.3 Å². The molecule has 2 aliphatic heterocycles. The molecule has 216 valence electrons. The fourth-order valence-electron chi connectivity index (χ4n) is 5.51. The van der Waals surface area contributed by atoms with Crippen LogP contribution in [0.15, 0.2) is 36.4 Å². The Morgan fingerprint density at radius 1 is 1.05 bits per heavy atom. The van der Waals surface area contributed by atoms with Crippen LogP contribution in [-0.4, -0.2) is 67.7 Å². The molecule has 0 bridgehead atoms. The van der Waals surface area contributed by atoms with E-state index < -0.39 is 24.1 Å². The second-order valence-corrected chi connectivity index (χ2v) is 11.8. The number of aryl methyl sites for hydroxylation is 1. The molecule has 0 aromatic heterocycles. The van der Waals surface area contributed by atoms with Gasteiger partial charge in [-0.05, 0) is 37.3 Å². The summed E-state index contributed by atoms with van der Waals surface area (Å²) in [6.45, 7) is 9.30. The standard InChI is InChI=1S/C31H40N2O7/c1-19-10-11-23-22(16-19)27(21-8-7-9-24(38-5)28(21)39-6)40-25(29(35)33(23)18-31(2,3)4)17-26(34)32-14-12-20(13-15-32)30(36)37/h7-11,16,20,25,27H,12-15,17-18H2,1-6H3,(H,36,37)/t25-,27-/m0/s1. The topological polar surface area (TPSA) is 106 Å². The fourth-order valence-corrected chi connectivity index (χ4v) is 5.51. The Hall–Kier alpha value is -3.59. The number of fused-ring (bicyclic) bond motifs is 1. The van der Waals surface area contributed by atoms with Crippen LogP contribution in [0.25, 0.3) is 0 Å². The maximum absolute atomic E-state index is 14.2. The normalized spacial score (nSPS) is 20.1. The van der Waals surface area contributed by atoms with Crippen LogP contribution in [0.1, 0.15) is 62.8 Å². The maximum atomic E-state index is 14.2. The summed E-state index contributed by atoms with van der Waals surface area (Å²) in [5.41, 5.74) is 3.02. The van der Waals surface area contributed by atoms with E-state index in [2.05, 4.69) is 20.8 Å². The number of hydrogen-bond donors (Lipinski definition) is 1. The molecule has 0 unspecified atom stereocenters. The van der Waals surface area contributed by atoms with E-state index in [1.165, 1.54) is 0 Å². The molecule has 2 heterocycles. The number of piperidine rings is 1. The third kappa shape index (κ3) is 6.25. The van der Waals surface area contributed by atoms with Crippen molar-refractivity contribution in [1.82, 2.24) is 4.90 Å².